The predicted molar refractivity (Wildman–Crippen MR) is 109 cm³/mol. The molecule has 1 aromatic heterocycles. The van der Waals surface area contributed by atoms with Crippen LogP contribution in [0.1, 0.15) is 11.1 Å². The minimum absolute atomic E-state index is 0.306. The molecule has 2 heterocycles. The number of nitrogens with zero attached hydrogens (tertiary/aromatic N) is 2. The minimum atomic E-state index is -3.64. The Morgan fingerprint density at radius 3 is 2.67 bits per heavy atom. The number of morpholine rings is 1. The SMILES string of the molecule is Cc1ccc(C)c(S(=O)(=O)Nc2ccc3nc(N4CCOCC4)sc3c2)c1. The van der Waals surface area contributed by atoms with Crippen LogP contribution in [0.15, 0.2) is 41.3 Å². The van der Waals surface area contributed by atoms with E-state index in [1.54, 1.807) is 30.4 Å². The number of aryl methyl sites for hydroxylation is 2. The lowest BCUT2D eigenvalue weighted by Gasteiger charge is -2.25. The highest BCUT2D eigenvalue weighted by Crippen LogP contribution is 2.32. The molecule has 1 saturated heterocycles. The van der Waals surface area contributed by atoms with Crippen molar-refractivity contribution < 1.29 is 13.2 Å². The molecular formula is C19H21N3O3S2. The summed E-state index contributed by atoms with van der Waals surface area (Å²) in [7, 11) is -3.64. The average molecular weight is 404 g/mol. The first-order chi connectivity index (χ1) is 12.9. The Bertz CT molecular complexity index is 1090. The molecule has 0 spiro atoms. The summed E-state index contributed by atoms with van der Waals surface area (Å²) in [5, 5.41) is 0.947. The topological polar surface area (TPSA) is 71.5 Å². The largest absolute Gasteiger partial charge is 0.378 e. The van der Waals surface area contributed by atoms with Crippen molar-refractivity contribution in [3.05, 3.63) is 47.5 Å². The smallest absolute Gasteiger partial charge is 0.262 e. The molecule has 0 bridgehead atoms. The molecule has 8 heteroatoms. The van der Waals surface area contributed by atoms with E-state index < -0.39 is 10.0 Å². The van der Waals surface area contributed by atoms with E-state index in [0.29, 0.717) is 23.8 Å². The van der Waals surface area contributed by atoms with Crippen LogP contribution >= 0.6 is 11.3 Å². The van der Waals surface area contributed by atoms with Gasteiger partial charge in [-0.1, -0.05) is 23.5 Å². The first-order valence-electron chi connectivity index (χ1n) is 8.76. The number of thiazole rings is 1. The van der Waals surface area contributed by atoms with Crippen molar-refractivity contribution in [1.29, 1.82) is 0 Å². The normalized spacial score (nSPS) is 15.3. The standard InChI is InChI=1S/C19H21N3O3S2/c1-13-3-4-14(2)18(11-13)27(23,24)21-15-5-6-16-17(12-15)26-19(20-16)22-7-9-25-10-8-22/h3-6,11-12,21H,7-10H2,1-2H3. The number of hydrogen-bond acceptors (Lipinski definition) is 6. The maximum atomic E-state index is 12.8. The number of aromatic nitrogens is 1. The van der Waals surface area contributed by atoms with Crippen molar-refractivity contribution in [1.82, 2.24) is 4.98 Å². The Morgan fingerprint density at radius 1 is 1.11 bits per heavy atom. The van der Waals surface area contributed by atoms with Gasteiger partial charge in [-0.25, -0.2) is 13.4 Å². The van der Waals surface area contributed by atoms with Gasteiger partial charge in [0.2, 0.25) is 0 Å². The third-order valence-corrected chi connectivity index (χ3v) is 7.15. The van der Waals surface area contributed by atoms with Gasteiger partial charge < -0.3 is 9.64 Å². The quantitative estimate of drug-likeness (QED) is 0.721. The maximum Gasteiger partial charge on any atom is 0.262 e. The van der Waals surface area contributed by atoms with Gasteiger partial charge in [0.05, 0.1) is 34.0 Å². The van der Waals surface area contributed by atoms with Crippen molar-refractivity contribution in [2.24, 2.45) is 0 Å². The van der Waals surface area contributed by atoms with E-state index in [2.05, 4.69) is 14.6 Å². The summed E-state index contributed by atoms with van der Waals surface area (Å²) >= 11 is 1.57. The van der Waals surface area contributed by atoms with Gasteiger partial charge in [0, 0.05) is 13.1 Å². The molecule has 0 unspecified atom stereocenters. The van der Waals surface area contributed by atoms with E-state index in [-0.39, 0.29) is 0 Å². The zero-order chi connectivity index (χ0) is 19.0. The van der Waals surface area contributed by atoms with Crippen molar-refractivity contribution in [2.75, 3.05) is 35.9 Å². The van der Waals surface area contributed by atoms with Gasteiger partial charge >= 0.3 is 0 Å². The van der Waals surface area contributed by atoms with Crippen molar-refractivity contribution in [2.45, 2.75) is 18.7 Å². The van der Waals surface area contributed by atoms with Crippen molar-refractivity contribution in [3.63, 3.8) is 0 Å². The average Bonchev–Trinajstić information content (AvgIpc) is 3.07. The third-order valence-electron chi connectivity index (χ3n) is 4.54. The fraction of sp³-hybridized carbons (Fsp3) is 0.316. The molecule has 2 aromatic carbocycles. The molecule has 0 saturated carbocycles. The lowest BCUT2D eigenvalue weighted by molar-refractivity contribution is 0.122. The summed E-state index contributed by atoms with van der Waals surface area (Å²) in [6.45, 7) is 6.75. The zero-order valence-corrected chi connectivity index (χ0v) is 16.9. The molecule has 1 aliphatic rings. The van der Waals surface area contributed by atoms with Crippen molar-refractivity contribution in [3.8, 4) is 0 Å². The Balaban J connectivity index is 1.63. The Labute approximate surface area is 162 Å². The number of rotatable bonds is 4. The molecule has 3 aromatic rings. The molecule has 1 fully saturated rings. The highest BCUT2D eigenvalue weighted by Gasteiger charge is 2.19. The Hall–Kier alpha value is -2.16. The monoisotopic (exact) mass is 403 g/mol. The molecule has 1 aliphatic heterocycles. The minimum Gasteiger partial charge on any atom is -0.378 e. The van der Waals surface area contributed by atoms with E-state index in [4.69, 9.17) is 4.74 Å². The summed E-state index contributed by atoms with van der Waals surface area (Å²) < 4.78 is 34.7. The van der Waals surface area contributed by atoms with E-state index in [9.17, 15) is 8.42 Å². The summed E-state index contributed by atoms with van der Waals surface area (Å²) in [5.41, 5.74) is 3.05. The molecule has 27 heavy (non-hydrogen) atoms. The van der Waals surface area contributed by atoms with Crippen LogP contribution in [0.4, 0.5) is 10.8 Å². The van der Waals surface area contributed by atoms with Gasteiger partial charge in [-0.15, -0.1) is 0 Å². The Morgan fingerprint density at radius 2 is 1.89 bits per heavy atom. The van der Waals surface area contributed by atoms with Gasteiger partial charge in [-0.05, 0) is 49.2 Å². The van der Waals surface area contributed by atoms with Gasteiger partial charge in [0.25, 0.3) is 10.0 Å². The highest BCUT2D eigenvalue weighted by atomic mass is 32.2. The van der Waals surface area contributed by atoms with Gasteiger partial charge in [0.1, 0.15) is 0 Å². The summed E-state index contributed by atoms with van der Waals surface area (Å²) in [5.74, 6) is 0. The molecule has 0 atom stereocenters. The van der Waals surface area contributed by atoms with Crippen LogP contribution < -0.4 is 9.62 Å². The molecule has 142 valence electrons. The van der Waals surface area contributed by atoms with E-state index >= 15 is 0 Å². The van der Waals surface area contributed by atoms with Gasteiger partial charge in [-0.2, -0.15) is 0 Å². The first kappa shape index (κ1) is 18.2. The second-order valence-corrected chi connectivity index (χ2v) is 9.31. The van der Waals surface area contributed by atoms with Crippen molar-refractivity contribution >= 4 is 42.4 Å². The summed E-state index contributed by atoms with van der Waals surface area (Å²) in [6.07, 6.45) is 0. The van der Waals surface area contributed by atoms with E-state index in [0.717, 1.165) is 39.6 Å². The van der Waals surface area contributed by atoms with E-state index in [1.165, 1.54) is 0 Å². The van der Waals surface area contributed by atoms with Crippen LogP contribution in [-0.4, -0.2) is 39.7 Å². The molecular weight excluding hydrogens is 382 g/mol. The number of nitrogens with one attached hydrogen (secondary N) is 1. The highest BCUT2D eigenvalue weighted by molar-refractivity contribution is 7.92. The molecule has 0 aliphatic carbocycles. The second kappa shape index (κ2) is 7.10. The fourth-order valence-corrected chi connectivity index (χ4v) is 5.51. The van der Waals surface area contributed by atoms with Gasteiger partial charge in [0.15, 0.2) is 5.13 Å². The second-order valence-electron chi connectivity index (χ2n) is 6.65. The number of ether oxygens (including phenoxy) is 1. The van der Waals surface area contributed by atoms with Crippen LogP contribution in [0.3, 0.4) is 0 Å². The third kappa shape index (κ3) is 3.78. The lowest BCUT2D eigenvalue weighted by Crippen LogP contribution is -2.36. The number of fused-ring (bicyclic) bond motifs is 1. The maximum absolute atomic E-state index is 12.8. The molecule has 0 amide bonds. The zero-order valence-electron chi connectivity index (χ0n) is 15.2. The van der Waals surface area contributed by atoms with Crippen LogP contribution in [0.2, 0.25) is 0 Å². The van der Waals surface area contributed by atoms with Crippen LogP contribution in [0.5, 0.6) is 0 Å². The molecule has 4 rings (SSSR count). The Kier molecular flexibility index (Phi) is 4.79. The molecule has 1 N–H and O–H groups in total. The number of anilines is 2. The molecule has 0 radical (unpaired) electrons. The first-order valence-corrected chi connectivity index (χ1v) is 11.1. The van der Waals surface area contributed by atoms with Crippen LogP contribution in [-0.2, 0) is 14.8 Å². The summed E-state index contributed by atoms with van der Waals surface area (Å²) in [4.78, 5) is 7.18. The van der Waals surface area contributed by atoms with Crippen LogP contribution in [0, 0.1) is 13.8 Å². The van der Waals surface area contributed by atoms with Crippen LogP contribution in [0.25, 0.3) is 10.2 Å². The molecule has 6 nitrogen and oxygen atoms in total. The fourth-order valence-electron chi connectivity index (χ4n) is 3.07. The predicted octanol–water partition coefficient (Wildman–Crippen LogP) is 3.55. The number of benzene rings is 2. The number of sulfonamides is 1. The lowest BCUT2D eigenvalue weighted by atomic mass is 10.2. The van der Waals surface area contributed by atoms with Gasteiger partial charge in [-0.3, -0.25) is 4.72 Å². The van der Waals surface area contributed by atoms with E-state index in [1.807, 2.05) is 31.2 Å². The number of hydrogen-bond donors (Lipinski definition) is 1. The summed E-state index contributed by atoms with van der Waals surface area (Å²) in [6, 6.07) is 10.9.